The Kier molecular flexibility index (Phi) is 4.75. The number of hydrogen-bond acceptors (Lipinski definition) is 5. The normalized spacial score (nSPS) is 10.8. The van der Waals surface area contributed by atoms with Crippen LogP contribution in [0, 0.1) is 0 Å². The minimum atomic E-state index is -0.154. The maximum atomic E-state index is 12.7. The smallest absolute Gasteiger partial charge is 0.265 e. The Hall–Kier alpha value is -3.32. The molecule has 0 bridgehead atoms. The molecule has 0 fully saturated rings. The van der Waals surface area contributed by atoms with Crippen molar-refractivity contribution in [1.82, 2.24) is 9.55 Å². The van der Waals surface area contributed by atoms with Crippen LogP contribution < -0.4 is 15.0 Å². The van der Waals surface area contributed by atoms with E-state index in [1.54, 1.807) is 7.11 Å². The number of methoxy groups -OCH3 is 1. The molecule has 0 saturated carbocycles. The number of hydrogen-bond donors (Lipinski definition) is 1. The largest absolute Gasteiger partial charge is 0.497 e. The van der Waals surface area contributed by atoms with E-state index in [4.69, 9.17) is 9.72 Å². The third-order valence-corrected chi connectivity index (χ3v) is 5.41. The SMILES string of the molecule is COc1ccc(NC(=O)c2cc3nc(N(C)C)n(-c4ccccc4)c3s2)cc1. The van der Waals surface area contributed by atoms with E-state index in [1.165, 1.54) is 11.3 Å². The van der Waals surface area contributed by atoms with Crippen LogP contribution in [0.5, 0.6) is 5.75 Å². The van der Waals surface area contributed by atoms with E-state index in [-0.39, 0.29) is 5.91 Å². The Morgan fingerprint density at radius 3 is 2.46 bits per heavy atom. The van der Waals surface area contributed by atoms with Gasteiger partial charge in [-0.3, -0.25) is 9.36 Å². The molecule has 6 nitrogen and oxygen atoms in total. The van der Waals surface area contributed by atoms with Crippen molar-refractivity contribution in [3.63, 3.8) is 0 Å². The van der Waals surface area contributed by atoms with Gasteiger partial charge in [0, 0.05) is 25.5 Å². The van der Waals surface area contributed by atoms with Gasteiger partial charge in [0.25, 0.3) is 5.91 Å². The molecule has 0 aliphatic rings. The molecule has 2 aromatic heterocycles. The average molecular weight is 392 g/mol. The maximum absolute atomic E-state index is 12.7. The van der Waals surface area contributed by atoms with Crippen LogP contribution in [0.15, 0.2) is 60.7 Å². The summed E-state index contributed by atoms with van der Waals surface area (Å²) in [5.74, 6) is 1.42. The van der Waals surface area contributed by atoms with Crippen molar-refractivity contribution in [2.75, 3.05) is 31.4 Å². The van der Waals surface area contributed by atoms with E-state index < -0.39 is 0 Å². The molecule has 0 saturated heterocycles. The highest BCUT2D eigenvalue weighted by atomic mass is 32.1. The minimum absolute atomic E-state index is 0.154. The fourth-order valence-electron chi connectivity index (χ4n) is 2.95. The number of carbonyl (C=O) groups excluding carboxylic acids is 1. The molecule has 0 unspecified atom stereocenters. The standard InChI is InChI=1S/C21H20N4O2S/c1-24(2)21-23-17-13-18(19(26)22-14-9-11-16(27-3)12-10-14)28-20(17)25(21)15-7-5-4-6-8-15/h4-13H,1-3H3,(H,22,26). The molecule has 1 amide bonds. The molecule has 0 radical (unpaired) electrons. The first-order chi connectivity index (χ1) is 13.6. The molecule has 4 rings (SSSR count). The summed E-state index contributed by atoms with van der Waals surface area (Å²) in [6.45, 7) is 0. The number of aromatic nitrogens is 2. The number of carbonyl (C=O) groups is 1. The number of benzene rings is 2. The Morgan fingerprint density at radius 2 is 1.82 bits per heavy atom. The molecule has 142 valence electrons. The third kappa shape index (κ3) is 3.32. The molecule has 0 aliphatic carbocycles. The predicted molar refractivity (Wildman–Crippen MR) is 114 cm³/mol. The topological polar surface area (TPSA) is 59.4 Å². The van der Waals surface area contributed by atoms with Gasteiger partial charge in [-0.1, -0.05) is 18.2 Å². The van der Waals surface area contributed by atoms with E-state index in [0.717, 1.165) is 33.4 Å². The number of nitrogens with one attached hydrogen (secondary N) is 1. The summed E-state index contributed by atoms with van der Waals surface area (Å²) in [5.41, 5.74) is 2.53. The van der Waals surface area contributed by atoms with Gasteiger partial charge in [0.2, 0.25) is 5.95 Å². The zero-order valence-corrected chi connectivity index (χ0v) is 16.7. The number of anilines is 2. The third-order valence-electron chi connectivity index (χ3n) is 4.30. The van der Waals surface area contributed by atoms with Gasteiger partial charge in [0.05, 0.1) is 12.0 Å². The van der Waals surface area contributed by atoms with Gasteiger partial charge in [-0.05, 0) is 42.5 Å². The van der Waals surface area contributed by atoms with Crippen molar-refractivity contribution in [3.05, 3.63) is 65.5 Å². The van der Waals surface area contributed by atoms with Crippen LogP contribution in [0.25, 0.3) is 16.0 Å². The first-order valence-corrected chi connectivity index (χ1v) is 9.59. The Bertz CT molecular complexity index is 1110. The minimum Gasteiger partial charge on any atom is -0.497 e. The number of amides is 1. The van der Waals surface area contributed by atoms with E-state index in [0.29, 0.717) is 4.88 Å². The fourth-order valence-corrected chi connectivity index (χ4v) is 3.96. The highest BCUT2D eigenvalue weighted by Gasteiger charge is 2.19. The maximum Gasteiger partial charge on any atom is 0.265 e. The van der Waals surface area contributed by atoms with Crippen LogP contribution in [0.4, 0.5) is 11.6 Å². The van der Waals surface area contributed by atoms with Crippen molar-refractivity contribution in [3.8, 4) is 11.4 Å². The molecule has 0 spiro atoms. The summed E-state index contributed by atoms with van der Waals surface area (Å²) < 4.78 is 7.22. The molecule has 7 heteroatoms. The number of imidazole rings is 1. The fraction of sp³-hybridized carbons (Fsp3) is 0.143. The van der Waals surface area contributed by atoms with Crippen molar-refractivity contribution in [1.29, 1.82) is 0 Å². The molecule has 0 aliphatic heterocycles. The highest BCUT2D eigenvalue weighted by molar-refractivity contribution is 7.20. The lowest BCUT2D eigenvalue weighted by atomic mass is 10.3. The van der Waals surface area contributed by atoms with Crippen LogP contribution >= 0.6 is 11.3 Å². The highest BCUT2D eigenvalue weighted by Crippen LogP contribution is 2.33. The quantitative estimate of drug-likeness (QED) is 0.546. The van der Waals surface area contributed by atoms with E-state index >= 15 is 0 Å². The monoisotopic (exact) mass is 392 g/mol. The summed E-state index contributed by atoms with van der Waals surface area (Å²) in [6, 6.07) is 19.1. The van der Waals surface area contributed by atoms with E-state index in [2.05, 4.69) is 9.88 Å². The van der Waals surface area contributed by atoms with Crippen molar-refractivity contribution in [2.24, 2.45) is 0 Å². The zero-order valence-electron chi connectivity index (χ0n) is 15.8. The summed E-state index contributed by atoms with van der Waals surface area (Å²) in [5, 5.41) is 2.93. The number of para-hydroxylation sites is 1. The molecule has 0 atom stereocenters. The molecule has 2 aromatic carbocycles. The van der Waals surface area contributed by atoms with Gasteiger partial charge >= 0.3 is 0 Å². The number of rotatable bonds is 5. The van der Waals surface area contributed by atoms with Gasteiger partial charge in [0.1, 0.15) is 16.1 Å². The molecule has 4 aromatic rings. The predicted octanol–water partition coefficient (Wildman–Crippen LogP) is 4.41. The first-order valence-electron chi connectivity index (χ1n) is 8.77. The van der Waals surface area contributed by atoms with Gasteiger partial charge in [-0.2, -0.15) is 0 Å². The second-order valence-electron chi connectivity index (χ2n) is 6.46. The van der Waals surface area contributed by atoms with Crippen molar-refractivity contribution < 1.29 is 9.53 Å². The first kappa shape index (κ1) is 18.1. The summed E-state index contributed by atoms with van der Waals surface area (Å²) in [6.07, 6.45) is 0. The Balaban J connectivity index is 1.69. The number of ether oxygens (including phenoxy) is 1. The molecular weight excluding hydrogens is 372 g/mol. The van der Waals surface area contributed by atoms with Gasteiger partial charge in [0.15, 0.2) is 0 Å². The van der Waals surface area contributed by atoms with Crippen LogP contribution in [0.1, 0.15) is 9.67 Å². The number of fused-ring (bicyclic) bond motifs is 1. The van der Waals surface area contributed by atoms with Crippen LogP contribution in [-0.4, -0.2) is 36.7 Å². The van der Waals surface area contributed by atoms with Crippen LogP contribution in [0.3, 0.4) is 0 Å². The lowest BCUT2D eigenvalue weighted by Crippen LogP contribution is -2.14. The summed E-state index contributed by atoms with van der Waals surface area (Å²) >= 11 is 1.43. The van der Waals surface area contributed by atoms with Crippen LogP contribution in [-0.2, 0) is 0 Å². The van der Waals surface area contributed by atoms with Gasteiger partial charge < -0.3 is 15.0 Å². The molecular formula is C21H20N4O2S. The van der Waals surface area contributed by atoms with Gasteiger partial charge in [-0.25, -0.2) is 4.98 Å². The average Bonchev–Trinajstić information content (AvgIpc) is 3.27. The second-order valence-corrected chi connectivity index (χ2v) is 7.49. The van der Waals surface area contributed by atoms with Gasteiger partial charge in [-0.15, -0.1) is 11.3 Å². The Labute approximate surface area is 167 Å². The van der Waals surface area contributed by atoms with E-state index in [1.807, 2.05) is 79.7 Å². The number of thiophene rings is 1. The van der Waals surface area contributed by atoms with Crippen molar-refractivity contribution in [2.45, 2.75) is 0 Å². The Morgan fingerprint density at radius 1 is 1.11 bits per heavy atom. The molecule has 1 N–H and O–H groups in total. The lowest BCUT2D eigenvalue weighted by Gasteiger charge is -2.14. The number of nitrogens with zero attached hydrogens (tertiary/aromatic N) is 3. The lowest BCUT2D eigenvalue weighted by molar-refractivity contribution is 0.103. The molecule has 2 heterocycles. The summed E-state index contributed by atoms with van der Waals surface area (Å²) in [4.78, 5) is 21.0. The summed E-state index contributed by atoms with van der Waals surface area (Å²) in [7, 11) is 5.53. The zero-order chi connectivity index (χ0) is 19.7. The van der Waals surface area contributed by atoms with Crippen LogP contribution in [0.2, 0.25) is 0 Å². The van der Waals surface area contributed by atoms with E-state index in [9.17, 15) is 4.79 Å². The molecule has 28 heavy (non-hydrogen) atoms. The van der Waals surface area contributed by atoms with Crippen molar-refractivity contribution >= 4 is 39.2 Å². The second kappa shape index (κ2) is 7.36.